The van der Waals surface area contributed by atoms with E-state index < -0.39 is 12.1 Å². The molecule has 5 nitrogen and oxygen atoms in total. The van der Waals surface area contributed by atoms with Crippen molar-refractivity contribution in [1.29, 1.82) is 0 Å². The van der Waals surface area contributed by atoms with E-state index in [9.17, 15) is 9.59 Å². The molecule has 2 rings (SSSR count). The second kappa shape index (κ2) is 7.11. The van der Waals surface area contributed by atoms with Crippen molar-refractivity contribution >= 4 is 11.8 Å². The lowest BCUT2D eigenvalue weighted by Crippen LogP contribution is -2.49. The molecule has 1 fully saturated rings. The Morgan fingerprint density at radius 3 is 2.76 bits per heavy atom. The molecule has 21 heavy (non-hydrogen) atoms. The van der Waals surface area contributed by atoms with E-state index in [-0.39, 0.29) is 11.8 Å². The Morgan fingerprint density at radius 2 is 2.05 bits per heavy atom. The number of hydrogen-bond acceptors (Lipinski definition) is 3. The monoisotopic (exact) mass is 290 g/mol. The first-order chi connectivity index (χ1) is 10.1. The average Bonchev–Trinajstić information content (AvgIpc) is 2.66. The molecule has 1 aliphatic heterocycles. The zero-order valence-electron chi connectivity index (χ0n) is 12.5. The highest BCUT2D eigenvalue weighted by molar-refractivity contribution is 5.89. The van der Waals surface area contributed by atoms with Crippen LogP contribution in [0.15, 0.2) is 24.3 Å². The van der Waals surface area contributed by atoms with Crippen LogP contribution >= 0.6 is 0 Å². The lowest BCUT2D eigenvalue weighted by Gasteiger charge is -2.19. The summed E-state index contributed by atoms with van der Waals surface area (Å²) in [5.41, 5.74) is 1.13. The topological polar surface area (TPSA) is 67.4 Å². The molecular formula is C16H22N2O3. The standard InChI is InChI=1S/C16H22N2O3/c1-11-6-8-13(9-7-11)21-12(2)15(19)18-14-5-3-4-10-17-16(14)20/h6-9,12,14H,3-5,10H2,1-2H3,(H,17,20)(H,18,19)/t12-,14-/m1/s1. The first-order valence-electron chi connectivity index (χ1n) is 7.37. The normalized spacial score (nSPS) is 20.1. The summed E-state index contributed by atoms with van der Waals surface area (Å²) >= 11 is 0. The fourth-order valence-electron chi connectivity index (χ4n) is 2.24. The molecule has 1 saturated heterocycles. The van der Waals surface area contributed by atoms with Gasteiger partial charge in [-0.05, 0) is 45.2 Å². The molecule has 1 heterocycles. The van der Waals surface area contributed by atoms with Crippen LogP contribution in [0.3, 0.4) is 0 Å². The van der Waals surface area contributed by atoms with Gasteiger partial charge in [-0.3, -0.25) is 9.59 Å². The van der Waals surface area contributed by atoms with Gasteiger partial charge in [0.25, 0.3) is 5.91 Å². The molecule has 2 atom stereocenters. The Bertz CT molecular complexity index is 499. The van der Waals surface area contributed by atoms with Gasteiger partial charge in [0, 0.05) is 6.54 Å². The smallest absolute Gasteiger partial charge is 0.261 e. The zero-order valence-corrected chi connectivity index (χ0v) is 12.5. The molecule has 0 aromatic heterocycles. The number of ether oxygens (including phenoxy) is 1. The number of carbonyl (C=O) groups is 2. The molecule has 0 unspecified atom stereocenters. The maximum atomic E-state index is 12.1. The lowest BCUT2D eigenvalue weighted by atomic mass is 10.1. The van der Waals surface area contributed by atoms with Crippen molar-refractivity contribution in [3.05, 3.63) is 29.8 Å². The van der Waals surface area contributed by atoms with Gasteiger partial charge >= 0.3 is 0 Å². The first kappa shape index (κ1) is 15.4. The fourth-order valence-corrected chi connectivity index (χ4v) is 2.24. The third-order valence-electron chi connectivity index (χ3n) is 3.55. The quantitative estimate of drug-likeness (QED) is 0.884. The van der Waals surface area contributed by atoms with Crippen LogP contribution in [-0.2, 0) is 9.59 Å². The Morgan fingerprint density at radius 1 is 1.33 bits per heavy atom. The summed E-state index contributed by atoms with van der Waals surface area (Å²) in [4.78, 5) is 23.9. The van der Waals surface area contributed by atoms with Gasteiger partial charge in [-0.2, -0.15) is 0 Å². The van der Waals surface area contributed by atoms with Gasteiger partial charge in [-0.1, -0.05) is 17.7 Å². The van der Waals surface area contributed by atoms with Gasteiger partial charge in [0.1, 0.15) is 11.8 Å². The van der Waals surface area contributed by atoms with E-state index in [0.717, 1.165) is 18.4 Å². The van der Waals surface area contributed by atoms with Crippen molar-refractivity contribution in [2.45, 2.75) is 45.3 Å². The summed E-state index contributed by atoms with van der Waals surface area (Å²) in [7, 11) is 0. The molecule has 0 bridgehead atoms. The van der Waals surface area contributed by atoms with Gasteiger partial charge in [-0.15, -0.1) is 0 Å². The van der Waals surface area contributed by atoms with Crippen LogP contribution in [0.4, 0.5) is 0 Å². The van der Waals surface area contributed by atoms with Gasteiger partial charge in [0.15, 0.2) is 6.10 Å². The molecule has 114 valence electrons. The van der Waals surface area contributed by atoms with Gasteiger partial charge in [0.2, 0.25) is 5.91 Å². The SMILES string of the molecule is Cc1ccc(O[C@H](C)C(=O)N[C@@H]2CCCCNC2=O)cc1. The van der Waals surface area contributed by atoms with Crippen LogP contribution in [0.5, 0.6) is 5.75 Å². The summed E-state index contributed by atoms with van der Waals surface area (Å²) in [6, 6.07) is 7.07. The molecule has 2 amide bonds. The molecule has 1 aromatic carbocycles. The van der Waals surface area contributed by atoms with Crippen LogP contribution in [0, 0.1) is 6.92 Å². The molecular weight excluding hydrogens is 268 g/mol. The van der Waals surface area contributed by atoms with Crippen molar-refractivity contribution in [3.63, 3.8) is 0 Å². The lowest BCUT2D eigenvalue weighted by molar-refractivity contribution is -0.132. The Hall–Kier alpha value is -2.04. The Kier molecular flexibility index (Phi) is 5.20. The third-order valence-corrected chi connectivity index (χ3v) is 3.55. The predicted molar refractivity (Wildman–Crippen MR) is 80.1 cm³/mol. The van der Waals surface area contributed by atoms with Crippen molar-refractivity contribution in [2.75, 3.05) is 6.54 Å². The number of aryl methyl sites for hydroxylation is 1. The average molecular weight is 290 g/mol. The van der Waals surface area contributed by atoms with Crippen molar-refractivity contribution < 1.29 is 14.3 Å². The van der Waals surface area contributed by atoms with E-state index in [2.05, 4.69) is 10.6 Å². The van der Waals surface area contributed by atoms with Crippen LogP contribution in [0.2, 0.25) is 0 Å². The van der Waals surface area contributed by atoms with E-state index in [1.165, 1.54) is 0 Å². The molecule has 2 N–H and O–H groups in total. The minimum Gasteiger partial charge on any atom is -0.481 e. The van der Waals surface area contributed by atoms with E-state index in [4.69, 9.17) is 4.74 Å². The molecule has 1 aliphatic rings. The van der Waals surface area contributed by atoms with E-state index >= 15 is 0 Å². The number of rotatable bonds is 4. The summed E-state index contributed by atoms with van der Waals surface area (Å²) in [6.45, 7) is 4.36. The number of nitrogens with one attached hydrogen (secondary N) is 2. The van der Waals surface area contributed by atoms with Crippen LogP contribution in [-0.4, -0.2) is 30.5 Å². The minimum absolute atomic E-state index is 0.108. The largest absolute Gasteiger partial charge is 0.481 e. The van der Waals surface area contributed by atoms with Crippen LogP contribution in [0.1, 0.15) is 31.7 Å². The zero-order chi connectivity index (χ0) is 15.2. The van der Waals surface area contributed by atoms with Crippen molar-refractivity contribution in [3.8, 4) is 5.75 Å². The van der Waals surface area contributed by atoms with Crippen LogP contribution < -0.4 is 15.4 Å². The molecule has 0 spiro atoms. The number of amides is 2. The number of carbonyl (C=O) groups excluding carboxylic acids is 2. The fraction of sp³-hybridized carbons (Fsp3) is 0.500. The highest BCUT2D eigenvalue weighted by Crippen LogP contribution is 2.13. The second-order valence-corrected chi connectivity index (χ2v) is 5.42. The highest BCUT2D eigenvalue weighted by Gasteiger charge is 2.25. The number of benzene rings is 1. The highest BCUT2D eigenvalue weighted by atomic mass is 16.5. The molecule has 0 radical (unpaired) electrons. The van der Waals surface area contributed by atoms with E-state index in [0.29, 0.717) is 18.7 Å². The summed E-state index contributed by atoms with van der Waals surface area (Å²) in [6.07, 6.45) is 1.92. The molecule has 0 aliphatic carbocycles. The van der Waals surface area contributed by atoms with Crippen molar-refractivity contribution in [1.82, 2.24) is 10.6 Å². The molecule has 0 saturated carbocycles. The maximum Gasteiger partial charge on any atom is 0.261 e. The van der Waals surface area contributed by atoms with Gasteiger partial charge < -0.3 is 15.4 Å². The second-order valence-electron chi connectivity index (χ2n) is 5.42. The van der Waals surface area contributed by atoms with Crippen molar-refractivity contribution in [2.24, 2.45) is 0 Å². The summed E-state index contributed by atoms with van der Waals surface area (Å²) in [5.74, 6) is 0.273. The first-order valence-corrected chi connectivity index (χ1v) is 7.37. The van der Waals surface area contributed by atoms with E-state index in [1.807, 2.05) is 31.2 Å². The predicted octanol–water partition coefficient (Wildman–Crippen LogP) is 1.55. The number of hydrogen-bond donors (Lipinski definition) is 2. The van der Waals surface area contributed by atoms with Crippen LogP contribution in [0.25, 0.3) is 0 Å². The van der Waals surface area contributed by atoms with Gasteiger partial charge in [-0.25, -0.2) is 0 Å². The Labute approximate surface area is 125 Å². The Balaban J connectivity index is 1.89. The van der Waals surface area contributed by atoms with E-state index in [1.54, 1.807) is 6.92 Å². The molecule has 1 aromatic rings. The maximum absolute atomic E-state index is 12.1. The third kappa shape index (κ3) is 4.48. The summed E-state index contributed by atoms with van der Waals surface area (Å²) < 4.78 is 5.60. The summed E-state index contributed by atoms with van der Waals surface area (Å²) in [5, 5.41) is 5.56. The minimum atomic E-state index is -0.635. The van der Waals surface area contributed by atoms with Gasteiger partial charge in [0.05, 0.1) is 0 Å². The molecule has 5 heteroatoms.